The van der Waals surface area contributed by atoms with Crippen LogP contribution in [-0.2, 0) is 0 Å². The second-order valence-electron chi connectivity index (χ2n) is 3.13. The Morgan fingerprint density at radius 3 is 2.67 bits per heavy atom. The number of nitrogen functional groups attached to an aromatic ring is 1. The second-order valence-corrected chi connectivity index (χ2v) is 3.13. The minimum absolute atomic E-state index is 0.0166. The highest BCUT2D eigenvalue weighted by Gasteiger charge is 2.05. The fraction of sp³-hybridized carbons (Fsp3) is 0. The van der Waals surface area contributed by atoms with Gasteiger partial charge in [-0.25, -0.2) is 9.37 Å². The zero-order valence-electron chi connectivity index (χ0n) is 7.81. The van der Waals surface area contributed by atoms with Crippen molar-refractivity contribution in [1.82, 2.24) is 4.98 Å². The lowest BCUT2D eigenvalue weighted by Crippen LogP contribution is -1.89. The standard InChI is InChI=1S/C11H9FN2O/c12-8-2-3-10(15)9(5-8)7-1-4-11(13)14-6-7/h1-6,15H,(H2,13,14). The molecule has 0 amide bonds. The van der Waals surface area contributed by atoms with E-state index in [4.69, 9.17) is 5.73 Å². The topological polar surface area (TPSA) is 59.1 Å². The minimum atomic E-state index is -0.403. The van der Waals surface area contributed by atoms with Gasteiger partial charge in [-0.2, -0.15) is 0 Å². The van der Waals surface area contributed by atoms with Crippen LogP contribution in [0, 0.1) is 5.82 Å². The summed E-state index contributed by atoms with van der Waals surface area (Å²) in [6.45, 7) is 0. The van der Waals surface area contributed by atoms with Crippen molar-refractivity contribution in [2.45, 2.75) is 0 Å². The van der Waals surface area contributed by atoms with Crippen molar-refractivity contribution in [3.05, 3.63) is 42.3 Å². The molecular formula is C11H9FN2O. The lowest BCUT2D eigenvalue weighted by molar-refractivity contribution is 0.475. The molecular weight excluding hydrogens is 195 g/mol. The van der Waals surface area contributed by atoms with E-state index in [9.17, 15) is 9.50 Å². The fourth-order valence-corrected chi connectivity index (χ4v) is 1.30. The molecule has 0 bridgehead atoms. The van der Waals surface area contributed by atoms with Crippen molar-refractivity contribution >= 4 is 5.82 Å². The number of halogens is 1. The molecule has 0 aliphatic carbocycles. The molecule has 2 aromatic rings. The molecule has 1 aromatic heterocycles. The maximum Gasteiger partial charge on any atom is 0.124 e. The van der Waals surface area contributed by atoms with Crippen LogP contribution in [0.4, 0.5) is 10.2 Å². The fourth-order valence-electron chi connectivity index (χ4n) is 1.30. The van der Waals surface area contributed by atoms with E-state index in [0.29, 0.717) is 16.9 Å². The number of hydrogen-bond acceptors (Lipinski definition) is 3. The lowest BCUT2D eigenvalue weighted by Gasteiger charge is -2.04. The third-order valence-electron chi connectivity index (χ3n) is 2.06. The molecule has 1 aromatic carbocycles. The normalized spacial score (nSPS) is 10.2. The molecule has 0 atom stereocenters. The summed E-state index contributed by atoms with van der Waals surface area (Å²) in [5, 5.41) is 9.53. The number of rotatable bonds is 1. The second kappa shape index (κ2) is 3.57. The van der Waals surface area contributed by atoms with Gasteiger partial charge in [0.2, 0.25) is 0 Å². The molecule has 76 valence electrons. The molecule has 0 saturated heterocycles. The monoisotopic (exact) mass is 204 g/mol. The van der Waals surface area contributed by atoms with Gasteiger partial charge in [0, 0.05) is 17.3 Å². The zero-order valence-corrected chi connectivity index (χ0v) is 7.81. The molecule has 0 fully saturated rings. The van der Waals surface area contributed by atoms with Crippen molar-refractivity contribution in [1.29, 1.82) is 0 Å². The van der Waals surface area contributed by atoms with Crippen LogP contribution in [-0.4, -0.2) is 10.1 Å². The number of aromatic hydroxyl groups is 1. The number of phenolic OH excluding ortho intramolecular Hbond substituents is 1. The smallest absolute Gasteiger partial charge is 0.124 e. The predicted octanol–water partition coefficient (Wildman–Crippen LogP) is 2.18. The Hall–Kier alpha value is -2.10. The van der Waals surface area contributed by atoms with E-state index in [1.807, 2.05) is 0 Å². The number of benzene rings is 1. The van der Waals surface area contributed by atoms with Crippen LogP contribution in [0.2, 0.25) is 0 Å². The molecule has 1 heterocycles. The number of pyridine rings is 1. The number of hydrogen-bond donors (Lipinski definition) is 2. The zero-order chi connectivity index (χ0) is 10.8. The summed E-state index contributed by atoms with van der Waals surface area (Å²) in [4.78, 5) is 3.87. The summed E-state index contributed by atoms with van der Waals surface area (Å²) in [5.41, 5.74) is 6.46. The number of aromatic nitrogens is 1. The maximum atomic E-state index is 13.0. The van der Waals surface area contributed by atoms with E-state index >= 15 is 0 Å². The molecule has 0 saturated carbocycles. The molecule has 4 heteroatoms. The third kappa shape index (κ3) is 1.88. The molecule has 0 spiro atoms. The Kier molecular flexibility index (Phi) is 2.25. The maximum absolute atomic E-state index is 13.0. The number of phenols is 1. The molecule has 0 aliphatic heterocycles. The Bertz CT molecular complexity index is 482. The number of nitrogens with zero attached hydrogens (tertiary/aromatic N) is 1. The van der Waals surface area contributed by atoms with Crippen LogP contribution >= 0.6 is 0 Å². The Morgan fingerprint density at radius 1 is 1.20 bits per heavy atom. The summed E-state index contributed by atoms with van der Waals surface area (Å²) in [7, 11) is 0. The van der Waals surface area contributed by atoms with E-state index in [1.54, 1.807) is 12.1 Å². The van der Waals surface area contributed by atoms with Gasteiger partial charge < -0.3 is 10.8 Å². The van der Waals surface area contributed by atoms with Gasteiger partial charge >= 0.3 is 0 Å². The summed E-state index contributed by atoms with van der Waals surface area (Å²) in [5.74, 6) is -0.00256. The Labute approximate surface area is 86.0 Å². The molecule has 15 heavy (non-hydrogen) atoms. The van der Waals surface area contributed by atoms with E-state index in [-0.39, 0.29) is 5.75 Å². The first-order chi connectivity index (χ1) is 7.16. The first kappa shape index (κ1) is 9.45. The van der Waals surface area contributed by atoms with Gasteiger partial charge in [-0.05, 0) is 30.3 Å². The van der Waals surface area contributed by atoms with Crippen LogP contribution in [0.3, 0.4) is 0 Å². The van der Waals surface area contributed by atoms with Gasteiger partial charge in [0.15, 0.2) is 0 Å². The van der Waals surface area contributed by atoms with E-state index in [1.165, 1.54) is 24.4 Å². The summed E-state index contributed by atoms with van der Waals surface area (Å²) in [6, 6.07) is 7.03. The number of nitrogens with two attached hydrogens (primary N) is 1. The van der Waals surface area contributed by atoms with E-state index < -0.39 is 5.82 Å². The first-order valence-corrected chi connectivity index (χ1v) is 4.37. The van der Waals surface area contributed by atoms with Gasteiger partial charge in [0.05, 0.1) is 0 Å². The van der Waals surface area contributed by atoms with Crippen LogP contribution in [0.25, 0.3) is 11.1 Å². The SMILES string of the molecule is Nc1ccc(-c2cc(F)ccc2O)cn1. The van der Waals surface area contributed by atoms with E-state index in [0.717, 1.165) is 0 Å². The molecule has 0 aliphatic rings. The largest absolute Gasteiger partial charge is 0.507 e. The van der Waals surface area contributed by atoms with Crippen molar-refractivity contribution < 1.29 is 9.50 Å². The molecule has 0 radical (unpaired) electrons. The Morgan fingerprint density at radius 2 is 2.00 bits per heavy atom. The summed E-state index contributed by atoms with van der Waals surface area (Å²) >= 11 is 0. The average molecular weight is 204 g/mol. The molecule has 0 unspecified atom stereocenters. The van der Waals surface area contributed by atoms with Crippen LogP contribution in [0.1, 0.15) is 0 Å². The predicted molar refractivity (Wildman–Crippen MR) is 55.7 cm³/mol. The quantitative estimate of drug-likeness (QED) is 0.748. The van der Waals surface area contributed by atoms with Crippen LogP contribution < -0.4 is 5.73 Å². The number of anilines is 1. The third-order valence-corrected chi connectivity index (χ3v) is 2.06. The van der Waals surface area contributed by atoms with Crippen LogP contribution in [0.15, 0.2) is 36.5 Å². The van der Waals surface area contributed by atoms with Gasteiger partial charge in [-0.15, -0.1) is 0 Å². The van der Waals surface area contributed by atoms with Crippen molar-refractivity contribution in [2.24, 2.45) is 0 Å². The summed E-state index contributed by atoms with van der Waals surface area (Å²) < 4.78 is 13.0. The van der Waals surface area contributed by atoms with Gasteiger partial charge in [0.25, 0.3) is 0 Å². The van der Waals surface area contributed by atoms with Crippen molar-refractivity contribution in [3.63, 3.8) is 0 Å². The molecule has 2 rings (SSSR count). The lowest BCUT2D eigenvalue weighted by atomic mass is 10.1. The molecule has 3 N–H and O–H groups in total. The van der Waals surface area contributed by atoms with Gasteiger partial charge in [-0.1, -0.05) is 0 Å². The van der Waals surface area contributed by atoms with Gasteiger partial charge in [0.1, 0.15) is 17.4 Å². The highest BCUT2D eigenvalue weighted by molar-refractivity contribution is 5.69. The summed E-state index contributed by atoms with van der Waals surface area (Å²) in [6.07, 6.45) is 1.49. The van der Waals surface area contributed by atoms with Gasteiger partial charge in [-0.3, -0.25) is 0 Å². The van der Waals surface area contributed by atoms with Crippen molar-refractivity contribution in [3.8, 4) is 16.9 Å². The Balaban J connectivity index is 2.53. The van der Waals surface area contributed by atoms with Crippen LogP contribution in [0.5, 0.6) is 5.75 Å². The highest BCUT2D eigenvalue weighted by Crippen LogP contribution is 2.29. The average Bonchev–Trinajstić information content (AvgIpc) is 2.23. The van der Waals surface area contributed by atoms with E-state index in [2.05, 4.69) is 4.98 Å². The van der Waals surface area contributed by atoms with Crippen molar-refractivity contribution in [2.75, 3.05) is 5.73 Å². The molecule has 3 nitrogen and oxygen atoms in total. The highest BCUT2D eigenvalue weighted by atomic mass is 19.1. The first-order valence-electron chi connectivity index (χ1n) is 4.37. The minimum Gasteiger partial charge on any atom is -0.507 e.